The number of hydrogen-bond acceptors (Lipinski definition) is 8. The lowest BCUT2D eigenvalue weighted by Gasteiger charge is -2.21. The van der Waals surface area contributed by atoms with Crippen LogP contribution in [0.3, 0.4) is 0 Å². The van der Waals surface area contributed by atoms with Gasteiger partial charge in [0.05, 0.1) is 16.6 Å². The average Bonchev–Trinajstić information content (AvgIpc) is 3.20. The van der Waals surface area contributed by atoms with Gasteiger partial charge in [0.2, 0.25) is 26.0 Å². The van der Waals surface area contributed by atoms with E-state index in [-0.39, 0.29) is 27.8 Å². The number of benzene rings is 2. The molecule has 3 rings (SSSR count). The molecule has 0 saturated heterocycles. The van der Waals surface area contributed by atoms with Crippen molar-refractivity contribution in [2.45, 2.75) is 36.1 Å². The minimum absolute atomic E-state index is 0.00453. The molecule has 0 unspecified atom stereocenters. The van der Waals surface area contributed by atoms with Gasteiger partial charge in [0.15, 0.2) is 0 Å². The van der Waals surface area contributed by atoms with Crippen molar-refractivity contribution in [2.24, 2.45) is 11.1 Å². The van der Waals surface area contributed by atoms with Crippen LogP contribution in [0.2, 0.25) is 0 Å². The summed E-state index contributed by atoms with van der Waals surface area (Å²) >= 11 is 0.914. The minimum Gasteiger partial charge on any atom is -0.354 e. The number of rotatable bonds is 9. The van der Waals surface area contributed by atoms with E-state index in [9.17, 15) is 21.6 Å². The van der Waals surface area contributed by atoms with E-state index in [0.29, 0.717) is 11.9 Å². The molecular weight excluding hydrogens is 474 g/mol. The number of amides is 1. The molecule has 10 nitrogen and oxygen atoms in total. The lowest BCUT2D eigenvalue weighted by Crippen LogP contribution is -2.50. The Kier molecular flexibility index (Phi) is 7.25. The summed E-state index contributed by atoms with van der Waals surface area (Å²) < 4.78 is 59.1. The Balaban J connectivity index is 1.66. The Hall–Kier alpha value is -2.45. The van der Waals surface area contributed by atoms with Gasteiger partial charge in [-0.3, -0.25) is 4.79 Å². The van der Waals surface area contributed by atoms with Gasteiger partial charge in [-0.15, -0.1) is 0 Å². The molecule has 0 aliphatic heterocycles. The summed E-state index contributed by atoms with van der Waals surface area (Å²) in [7, 11) is -7.78. The van der Waals surface area contributed by atoms with Gasteiger partial charge in [0, 0.05) is 6.54 Å². The number of primary sulfonamides is 1. The number of nitrogens with zero attached hydrogens (tertiary/aromatic N) is 2. The molecule has 0 aliphatic rings. The predicted molar refractivity (Wildman–Crippen MR) is 121 cm³/mol. The van der Waals surface area contributed by atoms with Crippen LogP contribution in [0.15, 0.2) is 52.3 Å². The largest absolute Gasteiger partial charge is 0.354 e. The number of nitrogens with two attached hydrogens (primary N) is 1. The molecule has 1 amide bonds. The SMILES string of the molecule is CC(C)[C@H](NS(=O)(=O)c1cccc2nsnc12)C(=O)NCCc1ccc(S(N)(=O)=O)cc1. The van der Waals surface area contributed by atoms with Crippen molar-refractivity contribution in [3.8, 4) is 0 Å². The fourth-order valence-electron chi connectivity index (χ4n) is 3.01. The van der Waals surface area contributed by atoms with Crippen LogP contribution in [0.4, 0.5) is 0 Å². The van der Waals surface area contributed by atoms with Crippen molar-refractivity contribution in [3.63, 3.8) is 0 Å². The molecular formula is C19H23N5O5S3. The maximum atomic E-state index is 13.0. The van der Waals surface area contributed by atoms with Gasteiger partial charge >= 0.3 is 0 Å². The third kappa shape index (κ3) is 5.66. The third-order valence-corrected chi connectivity index (χ3v) is 7.68. The first-order valence-corrected chi connectivity index (χ1v) is 13.4. The van der Waals surface area contributed by atoms with Gasteiger partial charge in [-0.2, -0.15) is 13.5 Å². The molecule has 0 radical (unpaired) electrons. The van der Waals surface area contributed by atoms with Gasteiger partial charge in [-0.25, -0.2) is 22.0 Å². The molecule has 1 atom stereocenters. The molecule has 0 fully saturated rings. The topological polar surface area (TPSA) is 161 Å². The standard InChI is InChI=1S/C19H23N5O5S3/c1-12(2)17(24-32(28,29)16-5-3-4-15-18(16)23-30-22-15)19(25)21-11-10-13-6-8-14(9-7-13)31(20,26)27/h3-9,12,17,24H,10-11H2,1-2H3,(H,21,25)(H2,20,26,27)/t17-/m0/s1. The quantitative estimate of drug-likeness (QED) is 0.397. The molecule has 172 valence electrons. The predicted octanol–water partition coefficient (Wildman–Crippen LogP) is 1.00. The minimum atomic E-state index is -4.02. The summed E-state index contributed by atoms with van der Waals surface area (Å²) in [6.45, 7) is 3.72. The second-order valence-electron chi connectivity index (χ2n) is 7.46. The van der Waals surface area contributed by atoms with Gasteiger partial charge in [0.25, 0.3) is 0 Å². The second-order valence-corrected chi connectivity index (χ2v) is 11.2. The maximum absolute atomic E-state index is 13.0. The number of hydrogen-bond donors (Lipinski definition) is 3. The number of sulfonamides is 2. The van der Waals surface area contributed by atoms with Crippen molar-refractivity contribution in [1.29, 1.82) is 0 Å². The Morgan fingerprint density at radius 3 is 2.38 bits per heavy atom. The van der Waals surface area contributed by atoms with Crippen molar-refractivity contribution in [2.75, 3.05) is 6.54 Å². The van der Waals surface area contributed by atoms with Crippen LogP contribution in [-0.4, -0.2) is 44.1 Å². The van der Waals surface area contributed by atoms with Crippen molar-refractivity contribution in [1.82, 2.24) is 18.8 Å². The van der Waals surface area contributed by atoms with Crippen LogP contribution in [-0.2, 0) is 31.3 Å². The van der Waals surface area contributed by atoms with Crippen LogP contribution in [0, 0.1) is 5.92 Å². The third-order valence-electron chi connectivity index (χ3n) is 4.73. The van der Waals surface area contributed by atoms with Crippen LogP contribution < -0.4 is 15.2 Å². The van der Waals surface area contributed by atoms with E-state index in [1.807, 2.05) is 0 Å². The van der Waals surface area contributed by atoms with Gasteiger partial charge in [-0.1, -0.05) is 32.0 Å². The van der Waals surface area contributed by atoms with E-state index in [2.05, 4.69) is 18.8 Å². The van der Waals surface area contributed by atoms with Gasteiger partial charge in [0.1, 0.15) is 22.0 Å². The highest BCUT2D eigenvalue weighted by molar-refractivity contribution is 7.89. The number of carbonyl (C=O) groups excluding carboxylic acids is 1. The summed E-state index contributed by atoms with van der Waals surface area (Å²) in [4.78, 5) is 12.7. The smallest absolute Gasteiger partial charge is 0.243 e. The highest BCUT2D eigenvalue weighted by Gasteiger charge is 2.29. The zero-order valence-corrected chi connectivity index (χ0v) is 19.8. The summed E-state index contributed by atoms with van der Waals surface area (Å²) in [6, 6.07) is 9.67. The van der Waals surface area contributed by atoms with E-state index in [1.54, 1.807) is 38.1 Å². The molecule has 32 heavy (non-hydrogen) atoms. The van der Waals surface area contributed by atoms with Crippen LogP contribution in [0.25, 0.3) is 11.0 Å². The molecule has 0 spiro atoms. The Morgan fingerprint density at radius 2 is 1.75 bits per heavy atom. The second kappa shape index (κ2) is 9.58. The van der Waals surface area contributed by atoms with E-state index in [1.165, 1.54) is 18.2 Å². The van der Waals surface area contributed by atoms with E-state index in [4.69, 9.17) is 5.14 Å². The summed E-state index contributed by atoms with van der Waals surface area (Å²) in [5.74, 6) is -0.778. The molecule has 2 aromatic carbocycles. The molecule has 1 heterocycles. The Bertz CT molecular complexity index is 1320. The van der Waals surface area contributed by atoms with Gasteiger partial charge < -0.3 is 5.32 Å². The van der Waals surface area contributed by atoms with Crippen LogP contribution in [0.1, 0.15) is 19.4 Å². The summed E-state index contributed by atoms with van der Waals surface area (Å²) in [5, 5.41) is 7.81. The van der Waals surface area contributed by atoms with Crippen molar-refractivity contribution in [3.05, 3.63) is 48.0 Å². The fourth-order valence-corrected chi connectivity index (χ4v) is 5.63. The van der Waals surface area contributed by atoms with E-state index in [0.717, 1.165) is 17.3 Å². The molecule has 0 saturated carbocycles. The first-order chi connectivity index (χ1) is 15.0. The summed E-state index contributed by atoms with van der Waals surface area (Å²) in [5.41, 5.74) is 1.52. The average molecular weight is 498 g/mol. The normalized spacial score (nSPS) is 13.4. The Morgan fingerprint density at radius 1 is 1.06 bits per heavy atom. The first-order valence-electron chi connectivity index (χ1n) is 9.62. The fraction of sp³-hybridized carbons (Fsp3) is 0.316. The van der Waals surface area contributed by atoms with Gasteiger partial charge in [-0.05, 0) is 42.2 Å². The number of fused-ring (bicyclic) bond motifs is 1. The number of aromatic nitrogens is 2. The van der Waals surface area contributed by atoms with Crippen LogP contribution in [0.5, 0.6) is 0 Å². The van der Waals surface area contributed by atoms with E-state index < -0.39 is 32.0 Å². The molecule has 13 heteroatoms. The first kappa shape index (κ1) is 24.2. The lowest BCUT2D eigenvalue weighted by molar-refractivity contribution is -0.123. The molecule has 4 N–H and O–H groups in total. The monoisotopic (exact) mass is 497 g/mol. The highest BCUT2D eigenvalue weighted by atomic mass is 32.2. The zero-order valence-electron chi connectivity index (χ0n) is 17.3. The van der Waals surface area contributed by atoms with E-state index >= 15 is 0 Å². The summed E-state index contributed by atoms with van der Waals surface area (Å²) in [6.07, 6.45) is 0.429. The number of nitrogens with one attached hydrogen (secondary N) is 2. The molecule has 0 aliphatic carbocycles. The maximum Gasteiger partial charge on any atom is 0.243 e. The van der Waals surface area contributed by atoms with Crippen molar-refractivity contribution < 1.29 is 21.6 Å². The van der Waals surface area contributed by atoms with Crippen molar-refractivity contribution >= 4 is 48.7 Å². The van der Waals surface area contributed by atoms with Crippen LogP contribution >= 0.6 is 11.7 Å². The zero-order chi connectivity index (χ0) is 23.5. The molecule has 1 aromatic heterocycles. The molecule has 3 aromatic rings. The number of carbonyl (C=O) groups is 1. The Labute approximate surface area is 190 Å². The lowest BCUT2D eigenvalue weighted by atomic mass is 10.0. The molecule has 0 bridgehead atoms. The highest BCUT2D eigenvalue weighted by Crippen LogP contribution is 2.22.